The van der Waals surface area contributed by atoms with Crippen LogP contribution < -0.4 is 5.32 Å². The van der Waals surface area contributed by atoms with E-state index in [2.05, 4.69) is 48.0 Å². The molecule has 114 valence electrons. The minimum Gasteiger partial charge on any atom is -0.313 e. The summed E-state index contributed by atoms with van der Waals surface area (Å²) in [5.41, 5.74) is 4.83. The lowest BCUT2D eigenvalue weighted by molar-refractivity contribution is 0.539. The van der Waals surface area contributed by atoms with Gasteiger partial charge in [0.1, 0.15) is 0 Å². The molecule has 0 spiro atoms. The van der Waals surface area contributed by atoms with Crippen molar-refractivity contribution in [3.63, 3.8) is 0 Å². The zero-order valence-corrected chi connectivity index (χ0v) is 14.0. The van der Waals surface area contributed by atoms with Gasteiger partial charge in [-0.2, -0.15) is 5.10 Å². The second kappa shape index (κ2) is 7.10. The van der Waals surface area contributed by atoms with Gasteiger partial charge in [0.15, 0.2) is 0 Å². The quantitative estimate of drug-likeness (QED) is 0.876. The minimum atomic E-state index is 0.246. The molecule has 21 heavy (non-hydrogen) atoms. The Hall–Kier alpha value is -1.32. The lowest BCUT2D eigenvalue weighted by atomic mass is 9.97. The molecule has 0 aliphatic rings. The van der Waals surface area contributed by atoms with Gasteiger partial charge in [0.2, 0.25) is 0 Å². The fraction of sp³-hybridized carbons (Fsp3) is 0.471. The number of hydrogen-bond acceptors (Lipinski definition) is 2. The molecule has 0 fully saturated rings. The Labute approximate surface area is 132 Å². The van der Waals surface area contributed by atoms with Gasteiger partial charge >= 0.3 is 0 Å². The maximum absolute atomic E-state index is 6.26. The van der Waals surface area contributed by atoms with Crippen molar-refractivity contribution in [1.82, 2.24) is 15.1 Å². The van der Waals surface area contributed by atoms with Gasteiger partial charge in [0, 0.05) is 29.7 Å². The third-order valence-electron chi connectivity index (χ3n) is 4.02. The average Bonchev–Trinajstić information content (AvgIpc) is 2.90. The Kier molecular flexibility index (Phi) is 5.43. The first-order valence-corrected chi connectivity index (χ1v) is 7.96. The largest absolute Gasteiger partial charge is 0.313 e. The molecule has 1 aromatic heterocycles. The highest BCUT2D eigenvalue weighted by Gasteiger charge is 2.17. The standard InChI is InChI=1S/C17H24ClN3/c1-5-13-10-14(21(6-2)20-13)11-17(19-4)15-8-7-9-16(18)12(15)3/h7-10,17,19H,5-6,11H2,1-4H3. The smallest absolute Gasteiger partial charge is 0.0624 e. The molecule has 1 heterocycles. The number of halogens is 1. The summed E-state index contributed by atoms with van der Waals surface area (Å²) in [7, 11) is 2.00. The third kappa shape index (κ3) is 3.47. The van der Waals surface area contributed by atoms with Crippen LogP contribution in [0.4, 0.5) is 0 Å². The van der Waals surface area contributed by atoms with E-state index in [1.807, 2.05) is 19.2 Å². The van der Waals surface area contributed by atoms with Crippen molar-refractivity contribution in [1.29, 1.82) is 0 Å². The number of benzene rings is 1. The fourth-order valence-electron chi connectivity index (χ4n) is 2.70. The Balaban J connectivity index is 2.31. The van der Waals surface area contributed by atoms with Crippen molar-refractivity contribution in [2.75, 3.05) is 7.05 Å². The zero-order valence-electron chi connectivity index (χ0n) is 13.3. The Morgan fingerprint density at radius 1 is 1.33 bits per heavy atom. The van der Waals surface area contributed by atoms with E-state index in [0.717, 1.165) is 35.7 Å². The second-order valence-corrected chi connectivity index (χ2v) is 5.70. The van der Waals surface area contributed by atoms with E-state index < -0.39 is 0 Å². The fourth-order valence-corrected chi connectivity index (χ4v) is 2.89. The van der Waals surface area contributed by atoms with Gasteiger partial charge in [-0.1, -0.05) is 30.7 Å². The van der Waals surface area contributed by atoms with Crippen molar-refractivity contribution in [3.8, 4) is 0 Å². The monoisotopic (exact) mass is 305 g/mol. The average molecular weight is 306 g/mol. The molecule has 0 amide bonds. The summed E-state index contributed by atoms with van der Waals surface area (Å²) < 4.78 is 2.10. The SMILES string of the molecule is CCc1cc(CC(NC)c2cccc(Cl)c2C)n(CC)n1. The van der Waals surface area contributed by atoms with Gasteiger partial charge in [-0.15, -0.1) is 0 Å². The van der Waals surface area contributed by atoms with Crippen LogP contribution in [0.25, 0.3) is 0 Å². The van der Waals surface area contributed by atoms with Crippen molar-refractivity contribution >= 4 is 11.6 Å². The summed E-state index contributed by atoms with van der Waals surface area (Å²) in [4.78, 5) is 0. The molecule has 1 unspecified atom stereocenters. The van der Waals surface area contributed by atoms with E-state index in [1.54, 1.807) is 0 Å². The van der Waals surface area contributed by atoms with E-state index in [9.17, 15) is 0 Å². The molecule has 1 N–H and O–H groups in total. The molecule has 2 aromatic rings. The van der Waals surface area contributed by atoms with Gasteiger partial charge in [-0.25, -0.2) is 0 Å². The van der Waals surface area contributed by atoms with Crippen LogP contribution in [0.3, 0.4) is 0 Å². The number of rotatable bonds is 6. The summed E-state index contributed by atoms with van der Waals surface area (Å²) in [6.07, 6.45) is 1.89. The maximum atomic E-state index is 6.26. The number of aromatic nitrogens is 2. The molecular formula is C17H24ClN3. The number of hydrogen-bond donors (Lipinski definition) is 1. The lowest BCUT2D eigenvalue weighted by Crippen LogP contribution is -2.21. The van der Waals surface area contributed by atoms with Crippen molar-refractivity contribution in [2.24, 2.45) is 0 Å². The van der Waals surface area contributed by atoms with E-state index in [4.69, 9.17) is 11.6 Å². The molecular weight excluding hydrogens is 282 g/mol. The van der Waals surface area contributed by atoms with E-state index >= 15 is 0 Å². The van der Waals surface area contributed by atoms with E-state index in [-0.39, 0.29) is 6.04 Å². The maximum Gasteiger partial charge on any atom is 0.0624 e. The van der Waals surface area contributed by atoms with Crippen LogP contribution in [0.5, 0.6) is 0 Å². The highest BCUT2D eigenvalue weighted by Crippen LogP contribution is 2.26. The molecule has 0 aliphatic carbocycles. The van der Waals surface area contributed by atoms with Crippen LogP contribution in [-0.4, -0.2) is 16.8 Å². The molecule has 2 rings (SSSR count). The van der Waals surface area contributed by atoms with Crippen molar-refractivity contribution < 1.29 is 0 Å². The first kappa shape index (κ1) is 16.1. The summed E-state index contributed by atoms with van der Waals surface area (Å²) in [6.45, 7) is 7.26. The summed E-state index contributed by atoms with van der Waals surface area (Å²) in [6, 6.07) is 8.57. The number of nitrogens with one attached hydrogen (secondary N) is 1. The molecule has 1 atom stereocenters. The molecule has 0 saturated heterocycles. The molecule has 0 radical (unpaired) electrons. The number of aryl methyl sites for hydroxylation is 2. The Morgan fingerprint density at radius 2 is 2.10 bits per heavy atom. The lowest BCUT2D eigenvalue weighted by Gasteiger charge is -2.20. The predicted octanol–water partition coefficient (Wildman–Crippen LogP) is 3.93. The van der Waals surface area contributed by atoms with Crippen LogP contribution in [0.15, 0.2) is 24.3 Å². The van der Waals surface area contributed by atoms with Crippen LogP contribution in [0.2, 0.25) is 5.02 Å². The van der Waals surface area contributed by atoms with E-state index in [1.165, 1.54) is 11.3 Å². The van der Waals surface area contributed by atoms with Gasteiger partial charge < -0.3 is 5.32 Å². The predicted molar refractivity (Wildman–Crippen MR) is 89.0 cm³/mol. The van der Waals surface area contributed by atoms with Crippen LogP contribution in [0, 0.1) is 6.92 Å². The summed E-state index contributed by atoms with van der Waals surface area (Å²) in [5, 5.41) is 8.87. The first-order valence-electron chi connectivity index (χ1n) is 7.58. The molecule has 3 nitrogen and oxygen atoms in total. The number of nitrogens with zero attached hydrogens (tertiary/aromatic N) is 2. The van der Waals surface area contributed by atoms with Crippen molar-refractivity contribution in [3.05, 3.63) is 51.8 Å². The molecule has 0 aliphatic heterocycles. The molecule has 4 heteroatoms. The van der Waals surface area contributed by atoms with Crippen LogP contribution in [0.1, 0.15) is 42.4 Å². The molecule has 0 saturated carbocycles. The Bertz CT molecular complexity index is 604. The minimum absolute atomic E-state index is 0.246. The summed E-state index contributed by atoms with van der Waals surface area (Å²) in [5.74, 6) is 0. The van der Waals surface area contributed by atoms with Gasteiger partial charge in [0.05, 0.1) is 5.69 Å². The first-order chi connectivity index (χ1) is 10.1. The summed E-state index contributed by atoms with van der Waals surface area (Å²) >= 11 is 6.26. The number of likely N-dealkylation sites (N-methyl/N-ethyl adjacent to an activating group) is 1. The third-order valence-corrected chi connectivity index (χ3v) is 4.43. The topological polar surface area (TPSA) is 29.9 Å². The van der Waals surface area contributed by atoms with Crippen molar-refractivity contribution in [2.45, 2.75) is 46.2 Å². The van der Waals surface area contributed by atoms with Crippen LogP contribution >= 0.6 is 11.6 Å². The van der Waals surface area contributed by atoms with E-state index in [0.29, 0.717) is 0 Å². The highest BCUT2D eigenvalue weighted by molar-refractivity contribution is 6.31. The molecule has 0 bridgehead atoms. The van der Waals surface area contributed by atoms with Gasteiger partial charge in [0.25, 0.3) is 0 Å². The Morgan fingerprint density at radius 3 is 2.71 bits per heavy atom. The second-order valence-electron chi connectivity index (χ2n) is 5.30. The van der Waals surface area contributed by atoms with Crippen LogP contribution in [-0.2, 0) is 19.4 Å². The normalized spacial score (nSPS) is 12.6. The highest BCUT2D eigenvalue weighted by atomic mass is 35.5. The molecule has 1 aromatic carbocycles. The zero-order chi connectivity index (χ0) is 15.4. The van der Waals surface area contributed by atoms with Gasteiger partial charge in [-0.05, 0) is 50.6 Å². The van der Waals surface area contributed by atoms with Gasteiger partial charge in [-0.3, -0.25) is 4.68 Å².